The Morgan fingerprint density at radius 2 is 2.00 bits per heavy atom. The van der Waals surface area contributed by atoms with Crippen molar-refractivity contribution in [3.05, 3.63) is 23.8 Å². The predicted molar refractivity (Wildman–Crippen MR) is 82.9 cm³/mol. The Labute approximate surface area is 126 Å². The number of nitrogens with zero attached hydrogens (tertiary/aromatic N) is 3. The van der Waals surface area contributed by atoms with Crippen LogP contribution in [0.4, 0.5) is 0 Å². The Kier molecular flexibility index (Phi) is 4.33. The van der Waals surface area contributed by atoms with E-state index in [1.54, 1.807) is 12.1 Å². The number of ether oxygens (including phenoxy) is 1. The van der Waals surface area contributed by atoms with Crippen molar-refractivity contribution in [2.75, 3.05) is 60.0 Å². The van der Waals surface area contributed by atoms with Gasteiger partial charge in [-0.3, -0.25) is 9.80 Å². The molecule has 2 aliphatic rings. The fourth-order valence-electron chi connectivity index (χ4n) is 3.12. The first-order chi connectivity index (χ1) is 10.1. The molecule has 2 aliphatic heterocycles. The molecule has 3 rings (SSSR count). The molecule has 0 saturated carbocycles. The molecular weight excluding hydrogens is 266 g/mol. The number of likely N-dealkylation sites (N-methyl/N-ethyl adjacent to an activating group) is 1. The normalized spacial score (nSPS) is 23.3. The van der Waals surface area contributed by atoms with Crippen LogP contribution in [0.25, 0.3) is 0 Å². The number of hydrogen-bond acceptors (Lipinski definition) is 5. The summed E-state index contributed by atoms with van der Waals surface area (Å²) in [5.74, 6) is 1.12. The molecule has 1 unspecified atom stereocenters. The molecule has 2 heterocycles. The summed E-state index contributed by atoms with van der Waals surface area (Å²) in [5.41, 5.74) is 1.22. The number of piperazine rings is 1. The molecule has 1 aromatic rings. The summed E-state index contributed by atoms with van der Waals surface area (Å²) in [6.07, 6.45) is 0. The zero-order chi connectivity index (χ0) is 14.8. The average Bonchev–Trinajstić information content (AvgIpc) is 2.88. The van der Waals surface area contributed by atoms with Crippen LogP contribution in [-0.2, 0) is 0 Å². The van der Waals surface area contributed by atoms with Gasteiger partial charge in [-0.25, -0.2) is 0 Å². The summed E-state index contributed by atoms with van der Waals surface area (Å²) < 4.78 is 5.73. The largest absolute Gasteiger partial charge is 0.508 e. The minimum atomic E-state index is 0.280. The number of benzene rings is 1. The third-order valence-corrected chi connectivity index (χ3v) is 4.46. The van der Waals surface area contributed by atoms with Crippen LogP contribution in [0.5, 0.6) is 11.5 Å². The van der Waals surface area contributed by atoms with Crippen LogP contribution in [0.3, 0.4) is 0 Å². The van der Waals surface area contributed by atoms with Crippen molar-refractivity contribution in [3.8, 4) is 11.5 Å². The maximum Gasteiger partial charge on any atom is 0.127 e. The van der Waals surface area contributed by atoms with Crippen molar-refractivity contribution in [3.63, 3.8) is 0 Å². The van der Waals surface area contributed by atoms with E-state index in [1.807, 2.05) is 6.07 Å². The van der Waals surface area contributed by atoms with Gasteiger partial charge in [-0.1, -0.05) is 0 Å². The molecule has 0 aliphatic carbocycles. The average molecular weight is 291 g/mol. The number of phenols is 1. The van der Waals surface area contributed by atoms with Crippen molar-refractivity contribution >= 4 is 0 Å². The van der Waals surface area contributed by atoms with E-state index in [1.165, 1.54) is 5.56 Å². The highest BCUT2D eigenvalue weighted by Gasteiger charge is 2.31. The summed E-state index contributed by atoms with van der Waals surface area (Å²) in [7, 11) is 4.25. The van der Waals surface area contributed by atoms with E-state index in [4.69, 9.17) is 4.74 Å². The summed E-state index contributed by atoms with van der Waals surface area (Å²) in [6.45, 7) is 7.39. The Bertz CT molecular complexity index is 484. The summed E-state index contributed by atoms with van der Waals surface area (Å²) in [6, 6.07) is 5.83. The minimum absolute atomic E-state index is 0.280. The van der Waals surface area contributed by atoms with Gasteiger partial charge in [0.2, 0.25) is 0 Å². The smallest absolute Gasteiger partial charge is 0.127 e. The number of phenolic OH excluding ortho intramolecular Hbond substituents is 1. The van der Waals surface area contributed by atoms with Crippen LogP contribution in [0.1, 0.15) is 11.6 Å². The Morgan fingerprint density at radius 3 is 2.71 bits per heavy atom. The second-order valence-corrected chi connectivity index (χ2v) is 6.23. The van der Waals surface area contributed by atoms with Crippen LogP contribution in [-0.4, -0.2) is 79.8 Å². The van der Waals surface area contributed by atoms with Gasteiger partial charge in [0.1, 0.15) is 18.1 Å². The molecule has 0 radical (unpaired) electrons. The van der Waals surface area contributed by atoms with Crippen LogP contribution in [0, 0.1) is 0 Å². The fourth-order valence-corrected chi connectivity index (χ4v) is 3.12. The highest BCUT2D eigenvalue weighted by Crippen LogP contribution is 2.38. The zero-order valence-electron chi connectivity index (χ0n) is 13.0. The van der Waals surface area contributed by atoms with E-state index in [2.05, 4.69) is 28.8 Å². The van der Waals surface area contributed by atoms with Crippen molar-refractivity contribution < 1.29 is 9.84 Å². The van der Waals surface area contributed by atoms with Gasteiger partial charge in [0.25, 0.3) is 0 Å². The first-order valence-corrected chi connectivity index (χ1v) is 7.70. The van der Waals surface area contributed by atoms with Gasteiger partial charge in [0.15, 0.2) is 0 Å². The van der Waals surface area contributed by atoms with E-state index in [-0.39, 0.29) is 5.75 Å². The molecule has 0 spiro atoms. The molecule has 5 nitrogen and oxygen atoms in total. The van der Waals surface area contributed by atoms with E-state index < -0.39 is 0 Å². The number of rotatable bonds is 4. The number of hydrogen-bond donors (Lipinski definition) is 1. The molecule has 21 heavy (non-hydrogen) atoms. The molecular formula is C16H25N3O2. The van der Waals surface area contributed by atoms with Crippen LogP contribution >= 0.6 is 0 Å². The number of fused-ring (bicyclic) bond motifs is 1. The van der Waals surface area contributed by atoms with Crippen molar-refractivity contribution in [1.29, 1.82) is 0 Å². The molecule has 1 fully saturated rings. The molecule has 116 valence electrons. The molecule has 1 N–H and O–H groups in total. The first kappa shape index (κ1) is 14.6. The highest BCUT2D eigenvalue weighted by atomic mass is 16.5. The highest BCUT2D eigenvalue weighted by molar-refractivity contribution is 5.44. The maximum atomic E-state index is 9.53. The SMILES string of the molecule is CN(C)CCN1CCN(C2COc3cc(O)ccc32)CC1. The molecule has 0 amide bonds. The van der Waals surface area contributed by atoms with Crippen LogP contribution in [0.15, 0.2) is 18.2 Å². The van der Waals surface area contributed by atoms with E-state index in [9.17, 15) is 5.11 Å². The predicted octanol–water partition coefficient (Wildman–Crippen LogP) is 1.00. The van der Waals surface area contributed by atoms with E-state index in [0.717, 1.165) is 45.0 Å². The lowest BCUT2D eigenvalue weighted by Gasteiger charge is -2.37. The quantitative estimate of drug-likeness (QED) is 0.896. The molecule has 5 heteroatoms. The second kappa shape index (κ2) is 6.22. The maximum absolute atomic E-state index is 9.53. The molecule has 1 saturated heterocycles. The van der Waals surface area contributed by atoms with Crippen molar-refractivity contribution in [2.24, 2.45) is 0 Å². The summed E-state index contributed by atoms with van der Waals surface area (Å²) >= 11 is 0. The lowest BCUT2D eigenvalue weighted by atomic mass is 10.1. The lowest BCUT2D eigenvalue weighted by Crippen LogP contribution is -2.49. The van der Waals surface area contributed by atoms with Gasteiger partial charge in [-0.15, -0.1) is 0 Å². The standard InChI is InChI=1S/C16H25N3O2/c1-17(2)5-6-18-7-9-19(10-8-18)15-12-21-16-11-13(20)3-4-14(15)16/h3-4,11,15,20H,5-10,12H2,1-2H3. The monoisotopic (exact) mass is 291 g/mol. The van der Waals surface area contributed by atoms with Gasteiger partial charge < -0.3 is 14.7 Å². The molecule has 0 aromatic heterocycles. The van der Waals surface area contributed by atoms with E-state index >= 15 is 0 Å². The summed E-state index contributed by atoms with van der Waals surface area (Å²) in [4.78, 5) is 7.28. The first-order valence-electron chi connectivity index (χ1n) is 7.70. The zero-order valence-corrected chi connectivity index (χ0v) is 13.0. The number of aromatic hydroxyl groups is 1. The van der Waals surface area contributed by atoms with Gasteiger partial charge in [0, 0.05) is 50.9 Å². The van der Waals surface area contributed by atoms with Crippen LogP contribution < -0.4 is 4.74 Å². The third kappa shape index (κ3) is 3.31. The van der Waals surface area contributed by atoms with Crippen molar-refractivity contribution in [2.45, 2.75) is 6.04 Å². The fraction of sp³-hybridized carbons (Fsp3) is 0.625. The minimum Gasteiger partial charge on any atom is -0.508 e. The molecule has 1 atom stereocenters. The third-order valence-electron chi connectivity index (χ3n) is 4.46. The molecule has 1 aromatic carbocycles. The van der Waals surface area contributed by atoms with E-state index in [0.29, 0.717) is 12.6 Å². The Morgan fingerprint density at radius 1 is 1.24 bits per heavy atom. The van der Waals surface area contributed by atoms with Gasteiger partial charge in [0.05, 0.1) is 6.04 Å². The Balaban J connectivity index is 1.57. The molecule has 0 bridgehead atoms. The lowest BCUT2D eigenvalue weighted by molar-refractivity contribution is 0.0813. The van der Waals surface area contributed by atoms with Gasteiger partial charge >= 0.3 is 0 Å². The Hall–Kier alpha value is -1.30. The second-order valence-electron chi connectivity index (χ2n) is 6.23. The van der Waals surface area contributed by atoms with Gasteiger partial charge in [-0.05, 0) is 26.2 Å². The van der Waals surface area contributed by atoms with Gasteiger partial charge in [-0.2, -0.15) is 0 Å². The van der Waals surface area contributed by atoms with Crippen LogP contribution in [0.2, 0.25) is 0 Å². The van der Waals surface area contributed by atoms with Crippen molar-refractivity contribution in [1.82, 2.24) is 14.7 Å². The topological polar surface area (TPSA) is 39.2 Å². The summed E-state index contributed by atoms with van der Waals surface area (Å²) in [5, 5.41) is 9.53.